The highest BCUT2D eigenvalue weighted by Crippen LogP contribution is 2.47. The molecule has 0 spiro atoms. The first-order valence-corrected chi connectivity index (χ1v) is 8.22. The van der Waals surface area contributed by atoms with E-state index >= 15 is 0 Å². The minimum absolute atomic E-state index is 0.0907. The van der Waals surface area contributed by atoms with Crippen LogP contribution in [0.5, 0.6) is 0 Å². The van der Waals surface area contributed by atoms with Crippen LogP contribution in [0.3, 0.4) is 0 Å². The van der Waals surface area contributed by atoms with Crippen molar-refractivity contribution in [3.8, 4) is 0 Å². The molecule has 0 aromatic heterocycles. The Labute approximate surface area is 133 Å². The van der Waals surface area contributed by atoms with Crippen LogP contribution < -0.4 is 0 Å². The first kappa shape index (κ1) is 15.1. The van der Waals surface area contributed by atoms with Crippen molar-refractivity contribution >= 4 is 6.08 Å². The first-order valence-electron chi connectivity index (χ1n) is 8.22. The smallest absolute Gasteiger partial charge is 0.0927 e. The average molecular weight is 292 g/mol. The topological polar surface area (TPSA) is 9.23 Å². The lowest BCUT2D eigenvalue weighted by Gasteiger charge is -2.27. The molecule has 1 aliphatic rings. The van der Waals surface area contributed by atoms with Crippen LogP contribution in [0, 0.1) is 0 Å². The Morgan fingerprint density at radius 1 is 1.00 bits per heavy atom. The summed E-state index contributed by atoms with van der Waals surface area (Å²) < 4.78 is 5.95. The lowest BCUT2D eigenvalue weighted by molar-refractivity contribution is 0.0881. The standard InChI is InChI=1S/C21H24O/c1-3-4-10-18-15-17-13-8-9-14-19(17)20(18)21(22-2)16-11-6-5-7-12-16/h5-9,11-15,20-21H,3-4,10H2,1-2H3/t20-,21+/m0/s1. The predicted molar refractivity (Wildman–Crippen MR) is 92.9 cm³/mol. The Balaban J connectivity index is 1.99. The van der Waals surface area contributed by atoms with E-state index in [1.807, 2.05) is 7.11 Å². The molecule has 0 heterocycles. The van der Waals surface area contributed by atoms with Gasteiger partial charge in [-0.2, -0.15) is 0 Å². The zero-order valence-electron chi connectivity index (χ0n) is 13.5. The maximum atomic E-state index is 5.95. The molecular formula is C21H24O. The number of rotatable bonds is 6. The van der Waals surface area contributed by atoms with Crippen molar-refractivity contribution in [2.45, 2.75) is 38.2 Å². The van der Waals surface area contributed by atoms with Crippen molar-refractivity contribution in [3.05, 3.63) is 76.9 Å². The van der Waals surface area contributed by atoms with Crippen LogP contribution in [0.15, 0.2) is 60.2 Å². The summed E-state index contributed by atoms with van der Waals surface area (Å²) in [6.07, 6.45) is 6.09. The normalized spacial score (nSPS) is 17.9. The Kier molecular flexibility index (Phi) is 4.74. The molecule has 1 nitrogen and oxygen atoms in total. The molecule has 0 saturated heterocycles. The monoisotopic (exact) mass is 292 g/mol. The van der Waals surface area contributed by atoms with E-state index in [9.17, 15) is 0 Å². The molecule has 0 amide bonds. The zero-order chi connectivity index (χ0) is 15.4. The molecule has 0 saturated carbocycles. The second kappa shape index (κ2) is 6.93. The van der Waals surface area contributed by atoms with Gasteiger partial charge in [0.1, 0.15) is 0 Å². The summed E-state index contributed by atoms with van der Waals surface area (Å²) in [7, 11) is 1.83. The Bertz CT molecular complexity index is 642. The van der Waals surface area contributed by atoms with Crippen molar-refractivity contribution in [2.24, 2.45) is 0 Å². The number of benzene rings is 2. The van der Waals surface area contributed by atoms with Crippen molar-refractivity contribution in [1.29, 1.82) is 0 Å². The van der Waals surface area contributed by atoms with Gasteiger partial charge in [-0.15, -0.1) is 0 Å². The van der Waals surface area contributed by atoms with Gasteiger partial charge < -0.3 is 4.74 Å². The van der Waals surface area contributed by atoms with E-state index < -0.39 is 0 Å². The maximum absolute atomic E-state index is 5.95. The largest absolute Gasteiger partial charge is 0.376 e. The molecule has 2 atom stereocenters. The number of unbranched alkanes of at least 4 members (excludes halogenated alkanes) is 1. The molecule has 0 unspecified atom stereocenters. The summed E-state index contributed by atoms with van der Waals surface area (Å²) in [5.41, 5.74) is 5.54. The summed E-state index contributed by atoms with van der Waals surface area (Å²) in [6, 6.07) is 19.3. The second-order valence-electron chi connectivity index (χ2n) is 6.00. The summed E-state index contributed by atoms with van der Waals surface area (Å²) >= 11 is 0. The van der Waals surface area contributed by atoms with Crippen LogP contribution >= 0.6 is 0 Å². The van der Waals surface area contributed by atoms with Gasteiger partial charge in [0.05, 0.1) is 6.10 Å². The molecule has 2 aromatic rings. The summed E-state index contributed by atoms with van der Waals surface area (Å²) in [4.78, 5) is 0. The number of fused-ring (bicyclic) bond motifs is 1. The van der Waals surface area contributed by atoms with Crippen molar-refractivity contribution in [3.63, 3.8) is 0 Å². The van der Waals surface area contributed by atoms with Crippen molar-refractivity contribution < 1.29 is 4.74 Å². The van der Waals surface area contributed by atoms with Gasteiger partial charge in [0.15, 0.2) is 0 Å². The van der Waals surface area contributed by atoms with E-state index in [-0.39, 0.29) is 6.10 Å². The van der Waals surface area contributed by atoms with E-state index in [2.05, 4.69) is 67.6 Å². The Morgan fingerprint density at radius 3 is 2.45 bits per heavy atom. The molecule has 0 bridgehead atoms. The van der Waals surface area contributed by atoms with E-state index in [0.29, 0.717) is 5.92 Å². The molecule has 114 valence electrons. The fourth-order valence-corrected chi connectivity index (χ4v) is 3.49. The highest BCUT2D eigenvalue weighted by molar-refractivity contribution is 5.67. The number of hydrogen-bond donors (Lipinski definition) is 0. The molecule has 0 radical (unpaired) electrons. The van der Waals surface area contributed by atoms with Crippen LogP contribution in [0.4, 0.5) is 0 Å². The van der Waals surface area contributed by atoms with Crippen LogP contribution in [-0.4, -0.2) is 7.11 Å². The van der Waals surface area contributed by atoms with Gasteiger partial charge in [0.2, 0.25) is 0 Å². The van der Waals surface area contributed by atoms with Crippen molar-refractivity contribution in [2.75, 3.05) is 7.11 Å². The van der Waals surface area contributed by atoms with Gasteiger partial charge in [-0.3, -0.25) is 0 Å². The number of methoxy groups -OCH3 is 1. The maximum Gasteiger partial charge on any atom is 0.0927 e. The number of hydrogen-bond acceptors (Lipinski definition) is 1. The molecule has 22 heavy (non-hydrogen) atoms. The van der Waals surface area contributed by atoms with Gasteiger partial charge in [0, 0.05) is 13.0 Å². The van der Waals surface area contributed by atoms with E-state index in [1.165, 1.54) is 35.1 Å². The summed E-state index contributed by atoms with van der Waals surface area (Å²) in [5.74, 6) is 0.343. The Hall–Kier alpha value is -1.86. The van der Waals surface area contributed by atoms with E-state index in [1.54, 1.807) is 0 Å². The number of ether oxygens (including phenoxy) is 1. The van der Waals surface area contributed by atoms with Crippen LogP contribution in [0.1, 0.15) is 54.9 Å². The molecule has 1 aliphatic carbocycles. The van der Waals surface area contributed by atoms with Gasteiger partial charge in [-0.05, 0) is 29.5 Å². The highest BCUT2D eigenvalue weighted by Gasteiger charge is 2.32. The minimum atomic E-state index is 0.0907. The molecule has 0 fully saturated rings. The second-order valence-corrected chi connectivity index (χ2v) is 6.00. The third-order valence-electron chi connectivity index (χ3n) is 4.58. The summed E-state index contributed by atoms with van der Waals surface area (Å²) in [5, 5.41) is 0. The lowest BCUT2D eigenvalue weighted by atomic mass is 9.84. The Morgan fingerprint density at radius 2 is 1.73 bits per heavy atom. The molecule has 0 N–H and O–H groups in total. The molecule has 0 aliphatic heterocycles. The first-order chi connectivity index (χ1) is 10.8. The van der Waals surface area contributed by atoms with Gasteiger partial charge in [0.25, 0.3) is 0 Å². The molecule has 3 rings (SSSR count). The quantitative estimate of drug-likeness (QED) is 0.659. The fourth-order valence-electron chi connectivity index (χ4n) is 3.49. The SMILES string of the molecule is CCCCC1=Cc2ccccc2[C@H]1[C@H](OC)c1ccccc1. The molecule has 1 heteroatoms. The summed E-state index contributed by atoms with van der Waals surface area (Å²) in [6.45, 7) is 2.25. The zero-order valence-corrected chi connectivity index (χ0v) is 13.5. The molecular weight excluding hydrogens is 268 g/mol. The van der Waals surface area contributed by atoms with Gasteiger partial charge >= 0.3 is 0 Å². The van der Waals surface area contributed by atoms with Crippen LogP contribution in [0.25, 0.3) is 6.08 Å². The van der Waals surface area contributed by atoms with Crippen molar-refractivity contribution in [1.82, 2.24) is 0 Å². The van der Waals surface area contributed by atoms with Gasteiger partial charge in [-0.25, -0.2) is 0 Å². The van der Waals surface area contributed by atoms with E-state index in [4.69, 9.17) is 4.74 Å². The average Bonchev–Trinajstić information content (AvgIpc) is 2.93. The molecule has 2 aromatic carbocycles. The fraction of sp³-hybridized carbons (Fsp3) is 0.333. The van der Waals surface area contributed by atoms with Gasteiger partial charge in [-0.1, -0.05) is 79.6 Å². The third kappa shape index (κ3) is 2.86. The highest BCUT2D eigenvalue weighted by atomic mass is 16.5. The minimum Gasteiger partial charge on any atom is -0.376 e. The van der Waals surface area contributed by atoms with E-state index in [0.717, 1.165) is 6.42 Å². The van der Waals surface area contributed by atoms with Crippen LogP contribution in [0.2, 0.25) is 0 Å². The predicted octanol–water partition coefficient (Wildman–Crippen LogP) is 5.75. The lowest BCUT2D eigenvalue weighted by Crippen LogP contribution is -2.14. The third-order valence-corrected chi connectivity index (χ3v) is 4.58. The van der Waals surface area contributed by atoms with Crippen LogP contribution in [-0.2, 0) is 4.74 Å².